The van der Waals surface area contributed by atoms with E-state index in [-0.39, 0.29) is 6.42 Å². The van der Waals surface area contributed by atoms with E-state index in [0.717, 1.165) is 5.56 Å². The van der Waals surface area contributed by atoms with Gasteiger partial charge >= 0.3 is 18.2 Å². The van der Waals surface area contributed by atoms with Crippen LogP contribution in [-0.2, 0) is 35.3 Å². The number of hydrogen-bond acceptors (Lipinski definition) is 6. The number of nitrogens with zero attached hydrogens (tertiary/aromatic N) is 2. The van der Waals surface area contributed by atoms with Crippen LogP contribution < -0.4 is 10.1 Å². The molecular formula is C25H32F3N3O5. The van der Waals surface area contributed by atoms with Crippen molar-refractivity contribution >= 4 is 12.1 Å². The number of nitrogens with one attached hydrogen (secondary N) is 1. The first kappa shape index (κ1) is 27.3. The van der Waals surface area contributed by atoms with Crippen molar-refractivity contribution in [2.24, 2.45) is 0 Å². The molecule has 3 rings (SSSR count). The Labute approximate surface area is 208 Å². The van der Waals surface area contributed by atoms with E-state index in [0.29, 0.717) is 66.2 Å². The smallest absolute Gasteiger partial charge is 0.407 e. The summed E-state index contributed by atoms with van der Waals surface area (Å²) >= 11 is 0. The molecule has 1 aliphatic carbocycles. The van der Waals surface area contributed by atoms with E-state index in [9.17, 15) is 22.8 Å². The topological polar surface area (TPSA) is 91.7 Å². The molecule has 0 unspecified atom stereocenters. The second-order valence-electron chi connectivity index (χ2n) is 9.61. The fraction of sp³-hybridized carbons (Fsp3) is 0.560. The molecule has 36 heavy (non-hydrogen) atoms. The maximum Gasteiger partial charge on any atom is 0.407 e. The number of alkyl halides is 3. The minimum absolute atomic E-state index is 0.226. The Morgan fingerprint density at radius 2 is 1.86 bits per heavy atom. The molecule has 2 aromatic rings. The van der Waals surface area contributed by atoms with Crippen LogP contribution in [0.4, 0.5) is 18.0 Å². The third-order valence-corrected chi connectivity index (χ3v) is 5.73. The molecule has 1 aromatic heterocycles. The maximum absolute atomic E-state index is 12.9. The fourth-order valence-corrected chi connectivity index (χ4v) is 4.19. The lowest BCUT2D eigenvalue weighted by atomic mass is 9.87. The van der Waals surface area contributed by atoms with Gasteiger partial charge in [-0.25, -0.2) is 9.59 Å². The zero-order valence-electron chi connectivity index (χ0n) is 21.2. The highest BCUT2D eigenvalue weighted by Crippen LogP contribution is 2.39. The van der Waals surface area contributed by atoms with Crippen LogP contribution in [0.2, 0.25) is 0 Å². The van der Waals surface area contributed by atoms with Crippen LogP contribution in [0.1, 0.15) is 60.8 Å². The van der Waals surface area contributed by atoms with Crippen LogP contribution in [0.15, 0.2) is 12.1 Å². The van der Waals surface area contributed by atoms with Gasteiger partial charge in [0.15, 0.2) is 0 Å². The molecule has 1 amide bonds. The van der Waals surface area contributed by atoms with Gasteiger partial charge in [0.05, 0.1) is 19.9 Å². The summed E-state index contributed by atoms with van der Waals surface area (Å²) in [5.74, 6) is -0.139. The number of ether oxygens (including phenoxy) is 3. The normalized spacial score (nSPS) is 13.0. The van der Waals surface area contributed by atoms with Gasteiger partial charge in [-0.1, -0.05) is 0 Å². The van der Waals surface area contributed by atoms with E-state index in [2.05, 4.69) is 10.4 Å². The van der Waals surface area contributed by atoms with Crippen LogP contribution in [0.3, 0.4) is 0 Å². The fourth-order valence-electron chi connectivity index (χ4n) is 4.19. The minimum atomic E-state index is -4.29. The number of carbonyl (C=O) groups is 2. The van der Waals surface area contributed by atoms with Crippen molar-refractivity contribution in [3.63, 3.8) is 0 Å². The minimum Gasteiger partial charge on any atom is -0.496 e. The van der Waals surface area contributed by atoms with Crippen LogP contribution in [0.5, 0.6) is 5.75 Å². The summed E-state index contributed by atoms with van der Waals surface area (Å²) < 4.78 is 55.7. The monoisotopic (exact) mass is 511 g/mol. The lowest BCUT2D eigenvalue weighted by Gasteiger charge is -2.19. The Bertz CT molecular complexity index is 1120. The van der Waals surface area contributed by atoms with Crippen LogP contribution >= 0.6 is 0 Å². The molecule has 0 saturated carbocycles. The van der Waals surface area contributed by atoms with E-state index in [1.165, 1.54) is 14.2 Å². The molecule has 1 heterocycles. The molecule has 1 N–H and O–H groups in total. The molecule has 0 spiro atoms. The highest BCUT2D eigenvalue weighted by atomic mass is 19.4. The molecule has 8 nitrogen and oxygen atoms in total. The van der Waals surface area contributed by atoms with Crippen molar-refractivity contribution < 1.29 is 37.0 Å². The Balaban J connectivity index is 1.87. The predicted octanol–water partition coefficient (Wildman–Crippen LogP) is 4.85. The molecule has 0 bridgehead atoms. The van der Waals surface area contributed by atoms with Crippen molar-refractivity contribution in [2.75, 3.05) is 20.8 Å². The van der Waals surface area contributed by atoms with Gasteiger partial charge in [-0.05, 0) is 69.7 Å². The molecule has 0 aliphatic heterocycles. The van der Waals surface area contributed by atoms with E-state index < -0.39 is 30.3 Å². The summed E-state index contributed by atoms with van der Waals surface area (Å²) in [6.45, 7) is 5.93. The Kier molecular flexibility index (Phi) is 8.20. The molecule has 1 aromatic carbocycles. The van der Waals surface area contributed by atoms with Crippen molar-refractivity contribution in [1.29, 1.82) is 0 Å². The SMILES string of the molecule is COC(=O)c1c2c(nn1CCCNC(=O)OC(C)(C)C)-c1cc(CCC(F)(F)F)c(OC)cc1CC2. The average molecular weight is 512 g/mol. The summed E-state index contributed by atoms with van der Waals surface area (Å²) in [7, 11) is 2.72. The van der Waals surface area contributed by atoms with Gasteiger partial charge in [-0.15, -0.1) is 0 Å². The average Bonchev–Trinajstić information content (AvgIpc) is 3.16. The van der Waals surface area contributed by atoms with Gasteiger partial charge in [-0.2, -0.15) is 18.3 Å². The van der Waals surface area contributed by atoms with Crippen LogP contribution in [0.25, 0.3) is 11.3 Å². The van der Waals surface area contributed by atoms with Gasteiger partial charge in [-0.3, -0.25) is 4.68 Å². The first-order valence-corrected chi connectivity index (χ1v) is 11.7. The predicted molar refractivity (Wildman–Crippen MR) is 126 cm³/mol. The number of alkyl carbamates (subject to hydrolysis) is 1. The summed E-state index contributed by atoms with van der Waals surface area (Å²) in [6, 6.07) is 3.44. The number of aryl methyl sites for hydroxylation is 3. The number of fused-ring (bicyclic) bond motifs is 3. The van der Waals surface area contributed by atoms with Gasteiger partial charge in [0, 0.05) is 30.6 Å². The standard InChI is InChI=1S/C25H32F3N3O5/c1-24(2,3)36-23(33)29-11-6-12-31-21(22(32)35-5)17-8-7-15-14-19(34-4)16(9-10-25(26,27)28)13-18(15)20(17)30-31/h13-14H,6-12H2,1-5H3,(H,29,33). The molecule has 0 saturated heterocycles. The number of aromatic nitrogens is 2. The summed E-state index contributed by atoms with van der Waals surface area (Å²) in [5, 5.41) is 7.32. The third-order valence-electron chi connectivity index (χ3n) is 5.73. The Morgan fingerprint density at radius 3 is 2.47 bits per heavy atom. The van der Waals surface area contributed by atoms with Crippen LogP contribution in [-0.4, -0.2) is 54.4 Å². The van der Waals surface area contributed by atoms with Crippen molar-refractivity contribution in [1.82, 2.24) is 15.1 Å². The van der Waals surface area contributed by atoms with Crippen molar-refractivity contribution in [3.8, 4) is 17.0 Å². The first-order valence-electron chi connectivity index (χ1n) is 11.7. The van der Waals surface area contributed by atoms with Crippen molar-refractivity contribution in [2.45, 2.75) is 71.2 Å². The molecule has 198 valence electrons. The molecular weight excluding hydrogens is 479 g/mol. The van der Waals surface area contributed by atoms with Gasteiger partial charge in [0.1, 0.15) is 17.0 Å². The number of carbonyl (C=O) groups excluding carboxylic acids is 2. The Hall–Kier alpha value is -3.24. The van der Waals surface area contributed by atoms with Gasteiger partial charge in [0.25, 0.3) is 0 Å². The highest BCUT2D eigenvalue weighted by Gasteiger charge is 2.31. The summed E-state index contributed by atoms with van der Waals surface area (Å²) in [5.41, 5.74) is 2.94. The molecule has 0 atom stereocenters. The second kappa shape index (κ2) is 10.8. The zero-order chi connectivity index (χ0) is 26.7. The first-order chi connectivity index (χ1) is 16.8. The summed E-state index contributed by atoms with van der Waals surface area (Å²) in [6.07, 6.45) is -4.46. The molecule has 11 heteroatoms. The summed E-state index contributed by atoms with van der Waals surface area (Å²) in [4.78, 5) is 24.5. The number of rotatable bonds is 8. The maximum atomic E-state index is 12.9. The molecule has 1 aliphatic rings. The van der Waals surface area contributed by atoms with E-state index >= 15 is 0 Å². The van der Waals surface area contributed by atoms with Crippen LogP contribution in [0, 0.1) is 0 Å². The molecule has 0 fully saturated rings. The number of esters is 1. The van der Waals surface area contributed by atoms with E-state index in [4.69, 9.17) is 14.2 Å². The number of halogens is 3. The number of amides is 1. The number of methoxy groups -OCH3 is 2. The third kappa shape index (κ3) is 6.70. The van der Waals surface area contributed by atoms with Crippen molar-refractivity contribution in [3.05, 3.63) is 34.5 Å². The second-order valence-corrected chi connectivity index (χ2v) is 9.61. The number of benzene rings is 1. The quantitative estimate of drug-likeness (QED) is 0.402. The molecule has 0 radical (unpaired) electrons. The van der Waals surface area contributed by atoms with E-state index in [1.54, 1.807) is 37.6 Å². The number of hydrogen-bond donors (Lipinski definition) is 1. The largest absolute Gasteiger partial charge is 0.496 e. The zero-order valence-corrected chi connectivity index (χ0v) is 21.2. The lowest BCUT2D eigenvalue weighted by Crippen LogP contribution is -2.33. The van der Waals surface area contributed by atoms with Gasteiger partial charge in [0.2, 0.25) is 0 Å². The van der Waals surface area contributed by atoms with E-state index in [1.807, 2.05) is 0 Å². The highest BCUT2D eigenvalue weighted by molar-refractivity contribution is 5.92. The van der Waals surface area contributed by atoms with Gasteiger partial charge < -0.3 is 19.5 Å². The lowest BCUT2D eigenvalue weighted by molar-refractivity contribution is -0.134. The Morgan fingerprint density at radius 1 is 1.14 bits per heavy atom.